The van der Waals surface area contributed by atoms with Gasteiger partial charge in [-0.1, -0.05) is 24.3 Å². The molecule has 6 nitrogen and oxygen atoms in total. The van der Waals surface area contributed by atoms with Crippen LogP contribution in [0, 0.1) is 0 Å². The molecule has 1 saturated heterocycles. The van der Waals surface area contributed by atoms with Gasteiger partial charge in [0.2, 0.25) is 0 Å². The summed E-state index contributed by atoms with van der Waals surface area (Å²) in [5.74, 6) is -0.0865. The predicted molar refractivity (Wildman–Crippen MR) is 101 cm³/mol. The lowest BCUT2D eigenvalue weighted by Crippen LogP contribution is -2.34. The summed E-state index contributed by atoms with van der Waals surface area (Å²) in [6.45, 7) is 1.65. The fourth-order valence-electron chi connectivity index (χ4n) is 3.70. The Hall–Kier alpha value is -1.90. The molecule has 27 heavy (non-hydrogen) atoms. The molecule has 2 heterocycles. The van der Waals surface area contributed by atoms with Gasteiger partial charge >= 0.3 is 0 Å². The molecule has 1 N–H and O–H groups in total. The first-order valence-corrected chi connectivity index (χ1v) is 12.1. The van der Waals surface area contributed by atoms with Gasteiger partial charge in [0.1, 0.15) is 17.1 Å². The molecule has 4 rings (SSSR count). The summed E-state index contributed by atoms with van der Waals surface area (Å²) in [5.41, 5.74) is 0.278. The highest BCUT2D eigenvalue weighted by Gasteiger charge is 2.45. The lowest BCUT2D eigenvalue weighted by atomic mass is 10.1. The maximum atomic E-state index is 13.2. The third-order valence-electron chi connectivity index (χ3n) is 5.08. The van der Waals surface area contributed by atoms with Gasteiger partial charge in [-0.25, -0.2) is 16.8 Å². The van der Waals surface area contributed by atoms with Crippen LogP contribution in [-0.2, 0) is 19.7 Å². The number of hydrogen-bond donors (Lipinski definition) is 1. The lowest BCUT2D eigenvalue weighted by molar-refractivity contribution is 0.160. The molecule has 1 fully saturated rings. The Morgan fingerprint density at radius 3 is 2.37 bits per heavy atom. The van der Waals surface area contributed by atoms with Crippen molar-refractivity contribution in [2.24, 2.45) is 0 Å². The van der Waals surface area contributed by atoms with E-state index in [1.54, 1.807) is 30.3 Å². The van der Waals surface area contributed by atoms with E-state index in [-0.39, 0.29) is 21.5 Å². The summed E-state index contributed by atoms with van der Waals surface area (Å²) in [5, 5.41) is 2.09. The van der Waals surface area contributed by atoms with Crippen LogP contribution >= 0.6 is 0 Å². The second-order valence-electron chi connectivity index (χ2n) is 6.86. The summed E-state index contributed by atoms with van der Waals surface area (Å²) in [6.07, 6.45) is 1.54. The van der Waals surface area contributed by atoms with Crippen LogP contribution in [0.15, 0.2) is 58.3 Å². The van der Waals surface area contributed by atoms with Crippen molar-refractivity contribution in [3.8, 4) is 5.75 Å². The van der Waals surface area contributed by atoms with E-state index in [0.717, 1.165) is 25.9 Å². The summed E-state index contributed by atoms with van der Waals surface area (Å²) >= 11 is 0. The van der Waals surface area contributed by atoms with Gasteiger partial charge in [0.15, 0.2) is 19.7 Å². The van der Waals surface area contributed by atoms with Crippen LogP contribution in [-0.4, -0.2) is 41.8 Å². The van der Waals surface area contributed by atoms with Crippen molar-refractivity contribution in [3.05, 3.63) is 54.1 Å². The Kier molecular flexibility index (Phi) is 4.73. The minimum atomic E-state index is -3.86. The summed E-state index contributed by atoms with van der Waals surface area (Å²) in [4.78, 5) is 0.188. The Morgan fingerprint density at radius 2 is 1.67 bits per heavy atom. The topological polar surface area (TPSA) is 89.5 Å². The Balaban J connectivity index is 1.80. The van der Waals surface area contributed by atoms with Crippen molar-refractivity contribution < 1.29 is 21.6 Å². The molecule has 0 aromatic heterocycles. The number of benzene rings is 2. The second-order valence-corrected chi connectivity index (χ2v) is 11.0. The number of rotatable bonds is 4. The molecular weight excluding hydrogens is 386 g/mol. The average molecular weight is 408 g/mol. The molecule has 1 atom stereocenters. The summed E-state index contributed by atoms with van der Waals surface area (Å²) in [7, 11) is -7.54. The third kappa shape index (κ3) is 3.37. The predicted octanol–water partition coefficient (Wildman–Crippen LogP) is 2.12. The van der Waals surface area contributed by atoms with E-state index >= 15 is 0 Å². The fraction of sp³-hybridized carbons (Fsp3) is 0.368. The minimum absolute atomic E-state index is 0.0545. The molecule has 2 aliphatic heterocycles. The van der Waals surface area contributed by atoms with E-state index < -0.39 is 30.7 Å². The maximum Gasteiger partial charge on any atom is 0.186 e. The average Bonchev–Trinajstić information content (AvgIpc) is 2.96. The van der Waals surface area contributed by atoms with E-state index in [1.807, 2.05) is 0 Å². The summed E-state index contributed by atoms with van der Waals surface area (Å²) in [6, 6.07) is 12.7. The first kappa shape index (κ1) is 18.5. The molecule has 144 valence electrons. The van der Waals surface area contributed by atoms with E-state index in [0.29, 0.717) is 5.75 Å². The van der Waals surface area contributed by atoms with Crippen LogP contribution < -0.4 is 10.1 Å². The van der Waals surface area contributed by atoms with E-state index in [2.05, 4.69) is 5.32 Å². The molecule has 0 amide bonds. The van der Waals surface area contributed by atoms with Gasteiger partial charge in [-0.3, -0.25) is 0 Å². The van der Waals surface area contributed by atoms with Crippen molar-refractivity contribution >= 4 is 19.7 Å². The molecule has 2 aliphatic rings. The molecule has 2 aromatic carbocycles. The van der Waals surface area contributed by atoms with E-state index in [9.17, 15) is 16.8 Å². The van der Waals surface area contributed by atoms with Gasteiger partial charge in [-0.05, 0) is 50.2 Å². The SMILES string of the molecule is O=S1(=O)CC(S(=O)(=O)c2ccccc2)c2c(OC3CCNCC3)cccc21. The highest BCUT2D eigenvalue weighted by molar-refractivity contribution is 7.96. The zero-order valence-electron chi connectivity index (χ0n) is 14.7. The zero-order valence-corrected chi connectivity index (χ0v) is 16.3. The maximum absolute atomic E-state index is 13.2. The van der Waals surface area contributed by atoms with Crippen molar-refractivity contribution in [1.29, 1.82) is 0 Å². The van der Waals surface area contributed by atoms with Crippen LogP contribution in [0.5, 0.6) is 5.75 Å². The van der Waals surface area contributed by atoms with Crippen molar-refractivity contribution in [2.75, 3.05) is 18.8 Å². The quantitative estimate of drug-likeness (QED) is 0.835. The largest absolute Gasteiger partial charge is 0.490 e. The Morgan fingerprint density at radius 1 is 0.963 bits per heavy atom. The van der Waals surface area contributed by atoms with Crippen LogP contribution in [0.3, 0.4) is 0 Å². The van der Waals surface area contributed by atoms with Crippen LogP contribution in [0.1, 0.15) is 23.7 Å². The fourth-order valence-corrected chi connectivity index (χ4v) is 8.06. The van der Waals surface area contributed by atoms with E-state index in [1.165, 1.54) is 18.2 Å². The van der Waals surface area contributed by atoms with Gasteiger partial charge in [0, 0.05) is 5.56 Å². The first-order chi connectivity index (χ1) is 12.9. The third-order valence-corrected chi connectivity index (χ3v) is 9.17. The van der Waals surface area contributed by atoms with Crippen molar-refractivity contribution in [1.82, 2.24) is 5.32 Å². The first-order valence-electron chi connectivity index (χ1n) is 8.91. The molecule has 1 unspecified atom stereocenters. The molecule has 0 radical (unpaired) electrons. The van der Waals surface area contributed by atoms with Gasteiger partial charge in [0.05, 0.1) is 15.5 Å². The number of sulfone groups is 2. The highest BCUT2D eigenvalue weighted by atomic mass is 32.2. The number of fused-ring (bicyclic) bond motifs is 1. The van der Waals surface area contributed by atoms with Gasteiger partial charge in [-0.15, -0.1) is 0 Å². The van der Waals surface area contributed by atoms with Gasteiger partial charge in [-0.2, -0.15) is 0 Å². The van der Waals surface area contributed by atoms with Crippen molar-refractivity contribution in [3.63, 3.8) is 0 Å². The molecule has 2 aromatic rings. The van der Waals surface area contributed by atoms with Gasteiger partial charge in [0.25, 0.3) is 0 Å². The molecule has 8 heteroatoms. The molecule has 0 bridgehead atoms. The van der Waals surface area contributed by atoms with Crippen LogP contribution in [0.2, 0.25) is 0 Å². The summed E-state index contributed by atoms with van der Waals surface area (Å²) < 4.78 is 57.8. The van der Waals surface area contributed by atoms with Gasteiger partial charge < -0.3 is 10.1 Å². The number of piperidine rings is 1. The molecular formula is C19H21NO5S2. The minimum Gasteiger partial charge on any atom is -0.490 e. The highest BCUT2D eigenvalue weighted by Crippen LogP contribution is 2.46. The molecule has 0 saturated carbocycles. The zero-order chi connectivity index (χ0) is 19.1. The normalized spacial score (nSPS) is 22.3. The number of hydrogen-bond acceptors (Lipinski definition) is 6. The lowest BCUT2D eigenvalue weighted by Gasteiger charge is -2.25. The Labute approximate surface area is 159 Å². The number of nitrogens with one attached hydrogen (secondary N) is 1. The van der Waals surface area contributed by atoms with Crippen molar-refractivity contribution in [2.45, 2.75) is 34.0 Å². The smallest absolute Gasteiger partial charge is 0.186 e. The molecule has 0 aliphatic carbocycles. The monoisotopic (exact) mass is 407 g/mol. The Bertz CT molecular complexity index is 1040. The van der Waals surface area contributed by atoms with Crippen LogP contribution in [0.25, 0.3) is 0 Å². The second kappa shape index (κ2) is 6.92. The van der Waals surface area contributed by atoms with Crippen LogP contribution in [0.4, 0.5) is 0 Å². The molecule has 0 spiro atoms. The standard InChI is InChI=1S/C19H21NO5S2/c21-26(22)13-18(27(23,24)15-5-2-1-3-6-15)19-16(7-4-8-17(19)26)25-14-9-11-20-12-10-14/h1-8,14,18,20H,9-13H2. The number of ether oxygens (including phenoxy) is 1. The van der Waals surface area contributed by atoms with E-state index in [4.69, 9.17) is 4.74 Å².